The lowest BCUT2D eigenvalue weighted by Crippen LogP contribution is -2.19. The van der Waals surface area contributed by atoms with Crippen LogP contribution in [0.3, 0.4) is 0 Å². The first-order valence-corrected chi connectivity index (χ1v) is 10.1. The first-order chi connectivity index (χ1) is 15.1. The fourth-order valence-corrected chi connectivity index (χ4v) is 3.16. The number of fused-ring (bicyclic) bond motifs is 1. The number of hydrogen-bond acceptors (Lipinski definition) is 4. The highest BCUT2D eigenvalue weighted by Gasteiger charge is 2.07. The van der Waals surface area contributed by atoms with Gasteiger partial charge in [-0.1, -0.05) is 18.2 Å². The molecule has 158 valence electrons. The number of ether oxygens (including phenoxy) is 1. The monoisotopic (exact) mass is 415 g/mol. The Labute approximate surface area is 181 Å². The van der Waals surface area contributed by atoms with Gasteiger partial charge in [0.1, 0.15) is 11.5 Å². The number of aromatic nitrogens is 2. The zero-order valence-electron chi connectivity index (χ0n) is 17.6. The molecule has 3 aromatic carbocycles. The molecule has 0 spiro atoms. The summed E-state index contributed by atoms with van der Waals surface area (Å²) >= 11 is 0. The number of hydrogen-bond donors (Lipinski definition) is 2. The van der Waals surface area contributed by atoms with Gasteiger partial charge in [0.25, 0.3) is 0 Å². The van der Waals surface area contributed by atoms with Crippen LogP contribution in [0.15, 0.2) is 79.0 Å². The molecule has 0 saturated carbocycles. The van der Waals surface area contributed by atoms with E-state index in [-0.39, 0.29) is 6.03 Å². The Bertz CT molecular complexity index is 1150. The van der Waals surface area contributed by atoms with Crippen molar-refractivity contribution in [3.05, 3.63) is 79.0 Å². The van der Waals surface area contributed by atoms with Crippen LogP contribution in [0.4, 0.5) is 16.2 Å². The summed E-state index contributed by atoms with van der Waals surface area (Å²) in [5, 5.41) is 11.1. The van der Waals surface area contributed by atoms with E-state index in [0.29, 0.717) is 17.1 Å². The number of rotatable bonds is 7. The number of urea groups is 1. The quantitative estimate of drug-likeness (QED) is 0.444. The van der Waals surface area contributed by atoms with E-state index >= 15 is 0 Å². The van der Waals surface area contributed by atoms with Crippen molar-refractivity contribution in [1.82, 2.24) is 14.7 Å². The van der Waals surface area contributed by atoms with Crippen molar-refractivity contribution in [1.29, 1.82) is 0 Å². The summed E-state index contributed by atoms with van der Waals surface area (Å²) in [6.45, 7) is 1.72. The van der Waals surface area contributed by atoms with Crippen molar-refractivity contribution in [2.75, 3.05) is 31.3 Å². The van der Waals surface area contributed by atoms with Gasteiger partial charge >= 0.3 is 6.03 Å². The molecule has 7 heteroatoms. The van der Waals surface area contributed by atoms with Gasteiger partial charge in [0.15, 0.2) is 0 Å². The average molecular weight is 415 g/mol. The van der Waals surface area contributed by atoms with Gasteiger partial charge in [0.05, 0.1) is 18.3 Å². The van der Waals surface area contributed by atoms with E-state index in [1.54, 1.807) is 12.1 Å². The fourth-order valence-electron chi connectivity index (χ4n) is 3.16. The largest absolute Gasteiger partial charge is 0.457 e. The lowest BCUT2D eigenvalue weighted by Gasteiger charge is -2.11. The Kier molecular flexibility index (Phi) is 6.14. The summed E-state index contributed by atoms with van der Waals surface area (Å²) in [7, 11) is 4.08. The standard InChI is InChI=1S/C24H25N5O2/c1-28(2)14-15-29-23-13-10-20(16-18(23)17-25-29)27-24(30)26-19-8-11-22(12-9-19)31-21-6-4-3-5-7-21/h3-13,16-17H,14-15H2,1-2H3,(H2,26,27,30). The van der Waals surface area contributed by atoms with E-state index in [9.17, 15) is 4.79 Å². The van der Waals surface area contributed by atoms with Gasteiger partial charge in [-0.05, 0) is 68.7 Å². The Morgan fingerprint density at radius 2 is 1.61 bits per heavy atom. The molecule has 0 bridgehead atoms. The van der Waals surface area contributed by atoms with E-state index in [2.05, 4.69) is 20.6 Å². The van der Waals surface area contributed by atoms with Gasteiger partial charge in [0, 0.05) is 23.3 Å². The molecule has 0 atom stereocenters. The molecule has 2 N–H and O–H groups in total. The van der Waals surface area contributed by atoms with E-state index in [0.717, 1.165) is 29.7 Å². The number of carbonyl (C=O) groups excluding carboxylic acids is 1. The minimum Gasteiger partial charge on any atom is -0.457 e. The van der Waals surface area contributed by atoms with Gasteiger partial charge in [-0.15, -0.1) is 0 Å². The van der Waals surface area contributed by atoms with Crippen LogP contribution in [0, 0.1) is 0 Å². The molecule has 0 saturated heterocycles. The molecule has 4 rings (SSSR count). The predicted octanol–water partition coefficient (Wildman–Crippen LogP) is 5.03. The third-order valence-electron chi connectivity index (χ3n) is 4.75. The molecule has 0 aliphatic rings. The van der Waals surface area contributed by atoms with Crippen molar-refractivity contribution >= 4 is 28.3 Å². The van der Waals surface area contributed by atoms with Crippen LogP contribution < -0.4 is 15.4 Å². The number of amides is 2. The Balaban J connectivity index is 1.35. The number of nitrogens with zero attached hydrogens (tertiary/aromatic N) is 3. The van der Waals surface area contributed by atoms with Crippen molar-refractivity contribution < 1.29 is 9.53 Å². The normalized spacial score (nSPS) is 10.9. The SMILES string of the molecule is CN(C)CCn1ncc2cc(NC(=O)Nc3ccc(Oc4ccccc4)cc3)ccc21. The van der Waals surface area contributed by atoms with Crippen LogP contribution in [-0.2, 0) is 6.54 Å². The molecule has 1 heterocycles. The van der Waals surface area contributed by atoms with Crippen LogP contribution in [0.25, 0.3) is 10.9 Å². The highest BCUT2D eigenvalue weighted by Crippen LogP contribution is 2.23. The first-order valence-electron chi connectivity index (χ1n) is 10.1. The summed E-state index contributed by atoms with van der Waals surface area (Å²) in [6.07, 6.45) is 1.82. The summed E-state index contributed by atoms with van der Waals surface area (Å²) in [5.74, 6) is 1.47. The number of para-hydroxylation sites is 1. The molecule has 0 radical (unpaired) electrons. The zero-order chi connectivity index (χ0) is 21.6. The van der Waals surface area contributed by atoms with E-state index in [4.69, 9.17) is 4.74 Å². The van der Waals surface area contributed by atoms with E-state index in [1.165, 1.54) is 0 Å². The lowest BCUT2D eigenvalue weighted by atomic mass is 10.2. The maximum Gasteiger partial charge on any atom is 0.323 e. The predicted molar refractivity (Wildman–Crippen MR) is 124 cm³/mol. The van der Waals surface area contributed by atoms with E-state index < -0.39 is 0 Å². The molecule has 31 heavy (non-hydrogen) atoms. The minimum absolute atomic E-state index is 0.309. The third kappa shape index (κ3) is 5.40. The summed E-state index contributed by atoms with van der Waals surface area (Å²) in [5.41, 5.74) is 2.43. The molecule has 0 aliphatic carbocycles. The number of anilines is 2. The Morgan fingerprint density at radius 1 is 0.935 bits per heavy atom. The highest BCUT2D eigenvalue weighted by atomic mass is 16.5. The average Bonchev–Trinajstić information content (AvgIpc) is 3.16. The topological polar surface area (TPSA) is 71.4 Å². The minimum atomic E-state index is -0.309. The summed E-state index contributed by atoms with van der Waals surface area (Å²) in [6, 6.07) is 22.3. The second kappa shape index (κ2) is 9.32. The van der Waals surface area contributed by atoms with Gasteiger partial charge in [-0.2, -0.15) is 5.10 Å². The first kappa shape index (κ1) is 20.4. The van der Waals surface area contributed by atoms with Gasteiger partial charge < -0.3 is 20.3 Å². The van der Waals surface area contributed by atoms with Crippen LogP contribution in [-0.4, -0.2) is 41.4 Å². The molecule has 0 fully saturated rings. The molecular formula is C24H25N5O2. The maximum atomic E-state index is 12.4. The lowest BCUT2D eigenvalue weighted by molar-refractivity contribution is 0.262. The van der Waals surface area contributed by atoms with Crippen molar-refractivity contribution in [3.8, 4) is 11.5 Å². The molecule has 7 nitrogen and oxygen atoms in total. The van der Waals surface area contributed by atoms with Crippen LogP contribution in [0.2, 0.25) is 0 Å². The van der Waals surface area contributed by atoms with Crippen LogP contribution >= 0.6 is 0 Å². The smallest absolute Gasteiger partial charge is 0.323 e. The highest BCUT2D eigenvalue weighted by molar-refractivity contribution is 6.01. The van der Waals surface area contributed by atoms with Crippen molar-refractivity contribution in [2.45, 2.75) is 6.54 Å². The van der Waals surface area contributed by atoms with Crippen LogP contribution in [0.5, 0.6) is 11.5 Å². The number of likely N-dealkylation sites (N-methyl/N-ethyl adjacent to an activating group) is 1. The van der Waals surface area contributed by atoms with Crippen molar-refractivity contribution in [3.63, 3.8) is 0 Å². The molecule has 4 aromatic rings. The van der Waals surface area contributed by atoms with Crippen molar-refractivity contribution in [2.24, 2.45) is 0 Å². The Morgan fingerprint density at radius 3 is 2.35 bits per heavy atom. The Hall–Kier alpha value is -3.84. The second-order valence-electron chi connectivity index (χ2n) is 7.46. The zero-order valence-corrected chi connectivity index (χ0v) is 17.6. The van der Waals surface area contributed by atoms with Gasteiger partial charge in [-0.25, -0.2) is 4.79 Å². The van der Waals surface area contributed by atoms with Crippen LogP contribution in [0.1, 0.15) is 0 Å². The third-order valence-corrected chi connectivity index (χ3v) is 4.75. The molecule has 0 unspecified atom stereocenters. The van der Waals surface area contributed by atoms with Gasteiger partial charge in [-0.3, -0.25) is 4.68 Å². The van der Waals surface area contributed by atoms with E-state index in [1.807, 2.05) is 85.6 Å². The second-order valence-corrected chi connectivity index (χ2v) is 7.46. The molecule has 0 aliphatic heterocycles. The summed E-state index contributed by atoms with van der Waals surface area (Å²) in [4.78, 5) is 14.5. The summed E-state index contributed by atoms with van der Waals surface area (Å²) < 4.78 is 7.74. The fraction of sp³-hybridized carbons (Fsp3) is 0.167. The number of nitrogens with one attached hydrogen (secondary N) is 2. The molecule has 2 amide bonds. The molecular weight excluding hydrogens is 390 g/mol. The maximum absolute atomic E-state index is 12.4. The number of carbonyl (C=O) groups is 1. The molecule has 1 aromatic heterocycles. The number of benzene rings is 3. The van der Waals surface area contributed by atoms with Gasteiger partial charge in [0.2, 0.25) is 0 Å².